The SMILES string of the molecule is NNC1c2ccccc2CC1O. The molecule has 0 fully saturated rings. The standard InChI is InChI=1S/C9H12N2O/c10-11-9-7-4-2-1-3-6(7)5-8(9)12/h1-4,8-9,11-12H,5,10H2. The summed E-state index contributed by atoms with van der Waals surface area (Å²) in [6.45, 7) is 0. The lowest BCUT2D eigenvalue weighted by Gasteiger charge is -2.13. The molecule has 1 aromatic rings. The Kier molecular flexibility index (Phi) is 1.84. The minimum Gasteiger partial charge on any atom is -0.391 e. The lowest BCUT2D eigenvalue weighted by Crippen LogP contribution is -2.33. The topological polar surface area (TPSA) is 58.3 Å². The third kappa shape index (κ3) is 1.03. The molecule has 0 radical (unpaired) electrons. The van der Waals surface area contributed by atoms with Gasteiger partial charge in [-0.3, -0.25) is 11.3 Å². The molecular weight excluding hydrogens is 152 g/mol. The molecule has 2 rings (SSSR count). The van der Waals surface area contributed by atoms with Crippen LogP contribution in [0.2, 0.25) is 0 Å². The van der Waals surface area contributed by atoms with Crippen molar-refractivity contribution in [3.8, 4) is 0 Å². The maximum Gasteiger partial charge on any atom is 0.0788 e. The smallest absolute Gasteiger partial charge is 0.0788 e. The van der Waals surface area contributed by atoms with E-state index in [0.717, 1.165) is 5.56 Å². The Morgan fingerprint density at radius 2 is 2.17 bits per heavy atom. The zero-order valence-corrected chi connectivity index (χ0v) is 6.70. The largest absolute Gasteiger partial charge is 0.391 e. The molecule has 4 N–H and O–H groups in total. The van der Waals surface area contributed by atoms with E-state index in [1.165, 1.54) is 5.56 Å². The second-order valence-electron chi connectivity index (χ2n) is 3.11. The Morgan fingerprint density at radius 1 is 1.42 bits per heavy atom. The Labute approximate surface area is 71.2 Å². The molecule has 1 aliphatic carbocycles. The molecule has 3 nitrogen and oxygen atoms in total. The van der Waals surface area contributed by atoms with Gasteiger partial charge >= 0.3 is 0 Å². The first-order chi connectivity index (χ1) is 5.83. The van der Waals surface area contributed by atoms with Gasteiger partial charge in [-0.2, -0.15) is 0 Å². The molecule has 1 aromatic carbocycles. The number of hydrazine groups is 1. The van der Waals surface area contributed by atoms with Crippen LogP contribution in [-0.2, 0) is 6.42 Å². The minimum absolute atomic E-state index is 0.0961. The van der Waals surface area contributed by atoms with E-state index in [1.54, 1.807) is 0 Å². The first kappa shape index (κ1) is 7.73. The summed E-state index contributed by atoms with van der Waals surface area (Å²) in [4.78, 5) is 0. The highest BCUT2D eigenvalue weighted by Gasteiger charge is 2.29. The van der Waals surface area contributed by atoms with Gasteiger partial charge in [0, 0.05) is 6.42 Å². The van der Waals surface area contributed by atoms with Crippen molar-refractivity contribution in [2.24, 2.45) is 5.84 Å². The molecule has 0 bridgehead atoms. The molecule has 0 spiro atoms. The first-order valence-electron chi connectivity index (χ1n) is 4.05. The molecule has 0 aromatic heterocycles. The predicted octanol–water partition coefficient (Wildman–Crippen LogP) is 0.108. The quantitative estimate of drug-likeness (QED) is 0.408. The Bertz CT molecular complexity index is 288. The third-order valence-electron chi connectivity index (χ3n) is 2.38. The van der Waals surface area contributed by atoms with Crippen molar-refractivity contribution < 1.29 is 5.11 Å². The highest BCUT2D eigenvalue weighted by molar-refractivity contribution is 5.36. The van der Waals surface area contributed by atoms with E-state index in [1.807, 2.05) is 24.3 Å². The van der Waals surface area contributed by atoms with Crippen molar-refractivity contribution in [1.29, 1.82) is 0 Å². The number of aliphatic hydroxyl groups is 1. The molecule has 0 saturated heterocycles. The number of aliphatic hydroxyl groups excluding tert-OH is 1. The molecule has 0 saturated carbocycles. The van der Waals surface area contributed by atoms with Gasteiger partial charge in [0.25, 0.3) is 0 Å². The van der Waals surface area contributed by atoms with Crippen molar-refractivity contribution in [2.75, 3.05) is 0 Å². The normalized spacial score (nSPS) is 27.2. The van der Waals surface area contributed by atoms with Crippen LogP contribution in [0.4, 0.5) is 0 Å². The van der Waals surface area contributed by atoms with Gasteiger partial charge in [-0.1, -0.05) is 24.3 Å². The van der Waals surface area contributed by atoms with Crippen molar-refractivity contribution >= 4 is 0 Å². The van der Waals surface area contributed by atoms with Gasteiger partial charge in [-0.05, 0) is 11.1 Å². The fourth-order valence-corrected chi connectivity index (χ4v) is 1.77. The van der Waals surface area contributed by atoms with E-state index >= 15 is 0 Å². The molecule has 64 valence electrons. The zero-order chi connectivity index (χ0) is 8.55. The van der Waals surface area contributed by atoms with E-state index in [2.05, 4.69) is 5.43 Å². The van der Waals surface area contributed by atoms with E-state index < -0.39 is 0 Å². The van der Waals surface area contributed by atoms with Crippen LogP contribution < -0.4 is 11.3 Å². The Balaban J connectivity index is 2.40. The molecule has 2 unspecified atom stereocenters. The number of nitrogens with one attached hydrogen (secondary N) is 1. The first-order valence-corrected chi connectivity index (χ1v) is 4.05. The van der Waals surface area contributed by atoms with Crippen molar-refractivity contribution in [1.82, 2.24) is 5.43 Å². The van der Waals surface area contributed by atoms with E-state index in [0.29, 0.717) is 6.42 Å². The number of fused-ring (bicyclic) bond motifs is 1. The van der Waals surface area contributed by atoms with E-state index in [4.69, 9.17) is 5.84 Å². The average molecular weight is 164 g/mol. The lowest BCUT2D eigenvalue weighted by atomic mass is 10.1. The van der Waals surface area contributed by atoms with E-state index in [-0.39, 0.29) is 12.1 Å². The molecule has 2 atom stereocenters. The fraction of sp³-hybridized carbons (Fsp3) is 0.333. The van der Waals surface area contributed by atoms with Crippen LogP contribution in [0.15, 0.2) is 24.3 Å². The summed E-state index contributed by atoms with van der Waals surface area (Å²) in [6.07, 6.45) is 0.317. The summed E-state index contributed by atoms with van der Waals surface area (Å²) in [7, 11) is 0. The van der Waals surface area contributed by atoms with Crippen molar-refractivity contribution in [3.05, 3.63) is 35.4 Å². The Morgan fingerprint density at radius 3 is 2.92 bits per heavy atom. The second kappa shape index (κ2) is 2.86. The van der Waals surface area contributed by atoms with Gasteiger partial charge in [0.1, 0.15) is 0 Å². The number of nitrogens with two attached hydrogens (primary N) is 1. The second-order valence-corrected chi connectivity index (χ2v) is 3.11. The number of benzene rings is 1. The van der Waals surface area contributed by atoms with Crippen LogP contribution in [0.1, 0.15) is 17.2 Å². The summed E-state index contributed by atoms with van der Waals surface area (Å²) >= 11 is 0. The molecule has 1 aliphatic rings. The van der Waals surface area contributed by atoms with Gasteiger partial charge in [0.15, 0.2) is 0 Å². The van der Waals surface area contributed by atoms with Crippen LogP contribution in [0, 0.1) is 0 Å². The van der Waals surface area contributed by atoms with Gasteiger partial charge in [0.05, 0.1) is 12.1 Å². The number of hydrogen-bond donors (Lipinski definition) is 3. The van der Waals surface area contributed by atoms with Crippen LogP contribution >= 0.6 is 0 Å². The highest BCUT2D eigenvalue weighted by atomic mass is 16.3. The maximum atomic E-state index is 9.57. The monoisotopic (exact) mass is 164 g/mol. The summed E-state index contributed by atoms with van der Waals surface area (Å²) in [5, 5.41) is 9.57. The zero-order valence-electron chi connectivity index (χ0n) is 6.70. The summed E-state index contributed by atoms with van der Waals surface area (Å²) in [6, 6.07) is 7.86. The summed E-state index contributed by atoms with van der Waals surface area (Å²) in [5.41, 5.74) is 4.93. The van der Waals surface area contributed by atoms with Crippen LogP contribution in [-0.4, -0.2) is 11.2 Å². The van der Waals surface area contributed by atoms with Crippen LogP contribution in [0.3, 0.4) is 0 Å². The molecule has 0 heterocycles. The number of rotatable bonds is 1. The fourth-order valence-electron chi connectivity index (χ4n) is 1.77. The molecular formula is C9H12N2O. The lowest BCUT2D eigenvalue weighted by molar-refractivity contribution is 0.142. The van der Waals surface area contributed by atoms with Gasteiger partial charge in [-0.25, -0.2) is 0 Å². The van der Waals surface area contributed by atoms with Gasteiger partial charge in [-0.15, -0.1) is 0 Å². The van der Waals surface area contributed by atoms with Gasteiger partial charge in [0.2, 0.25) is 0 Å². The molecule has 3 heteroatoms. The van der Waals surface area contributed by atoms with E-state index in [9.17, 15) is 5.11 Å². The van der Waals surface area contributed by atoms with Crippen molar-refractivity contribution in [2.45, 2.75) is 18.6 Å². The summed E-state index contributed by atoms with van der Waals surface area (Å²) < 4.78 is 0. The third-order valence-corrected chi connectivity index (χ3v) is 2.38. The molecule has 0 aliphatic heterocycles. The predicted molar refractivity (Wildman–Crippen MR) is 46.2 cm³/mol. The minimum atomic E-state index is -0.382. The number of hydrogen-bond acceptors (Lipinski definition) is 3. The summed E-state index contributed by atoms with van der Waals surface area (Å²) in [5.74, 6) is 5.33. The average Bonchev–Trinajstić information content (AvgIpc) is 2.40. The maximum absolute atomic E-state index is 9.57. The molecule has 12 heavy (non-hydrogen) atoms. The highest BCUT2D eigenvalue weighted by Crippen LogP contribution is 2.30. The van der Waals surface area contributed by atoms with Crippen molar-refractivity contribution in [3.63, 3.8) is 0 Å². The Hall–Kier alpha value is -0.900. The van der Waals surface area contributed by atoms with Crippen LogP contribution in [0.5, 0.6) is 0 Å². The van der Waals surface area contributed by atoms with Gasteiger partial charge < -0.3 is 5.11 Å². The molecule has 0 amide bonds. The van der Waals surface area contributed by atoms with Crippen LogP contribution in [0.25, 0.3) is 0 Å².